The van der Waals surface area contributed by atoms with Crippen LogP contribution in [-0.2, 0) is 11.8 Å². The zero-order valence-electron chi connectivity index (χ0n) is 14.3. The lowest BCUT2D eigenvalue weighted by Crippen LogP contribution is -2.23. The van der Waals surface area contributed by atoms with E-state index in [0.29, 0.717) is 16.1 Å². The number of ketones is 1. The summed E-state index contributed by atoms with van der Waals surface area (Å²) >= 11 is 1.11. The molecule has 1 aromatic heterocycles. The number of hydrogen-bond donors (Lipinski definition) is 1. The Bertz CT molecular complexity index is 1140. The number of nitrogens with one attached hydrogen (secondary N) is 1. The Morgan fingerprint density at radius 3 is 2.62 bits per heavy atom. The monoisotopic (exact) mass is 364 g/mol. The fourth-order valence-corrected chi connectivity index (χ4v) is 3.57. The van der Waals surface area contributed by atoms with Crippen LogP contribution in [0.3, 0.4) is 0 Å². The van der Waals surface area contributed by atoms with Crippen LogP contribution in [0.25, 0.3) is 21.7 Å². The summed E-state index contributed by atoms with van der Waals surface area (Å²) in [6, 6.07) is 13.3. The third kappa shape index (κ3) is 3.24. The number of carbonyl (C=O) groups is 1. The van der Waals surface area contributed by atoms with Crippen molar-refractivity contribution in [3.63, 3.8) is 0 Å². The van der Waals surface area contributed by atoms with Crippen molar-refractivity contribution in [2.75, 3.05) is 5.75 Å². The first-order chi connectivity index (χ1) is 12.4. The number of hydrogen-bond acceptors (Lipinski definition) is 6. The number of rotatable bonds is 5. The molecule has 1 atom stereocenters. The molecule has 2 aromatic carbocycles. The van der Waals surface area contributed by atoms with E-state index >= 15 is 0 Å². The van der Waals surface area contributed by atoms with Crippen molar-refractivity contribution >= 4 is 44.9 Å². The zero-order chi connectivity index (χ0) is 18.8. The van der Waals surface area contributed by atoms with Crippen molar-refractivity contribution in [3.05, 3.63) is 46.8 Å². The minimum Gasteiger partial charge on any atom is -0.308 e. The first kappa shape index (κ1) is 17.8. The summed E-state index contributed by atoms with van der Waals surface area (Å²) in [5, 5.41) is 19.4. The van der Waals surface area contributed by atoms with Gasteiger partial charge in [-0.05, 0) is 29.8 Å². The van der Waals surface area contributed by atoms with Crippen LogP contribution < -0.4 is 5.56 Å². The molecular weight excluding hydrogens is 348 g/mol. The molecule has 0 bridgehead atoms. The summed E-state index contributed by atoms with van der Waals surface area (Å²) in [5.41, 5.74) is 0.405. The number of aromatic nitrogens is 2. The molecule has 0 aliphatic rings. The smallest absolute Gasteiger partial charge is 0.261 e. The highest BCUT2D eigenvalue weighted by Crippen LogP contribution is 2.22. The van der Waals surface area contributed by atoms with Gasteiger partial charge in [0.1, 0.15) is 5.92 Å². The highest BCUT2D eigenvalue weighted by atomic mass is 32.2. The van der Waals surface area contributed by atoms with Crippen LogP contribution in [0.2, 0.25) is 0 Å². The first-order valence-corrected chi connectivity index (χ1v) is 8.90. The van der Waals surface area contributed by atoms with Crippen molar-refractivity contribution in [1.82, 2.24) is 9.55 Å². The second kappa shape index (κ2) is 7.10. The van der Waals surface area contributed by atoms with Gasteiger partial charge in [-0.15, -0.1) is 0 Å². The second-order valence-electron chi connectivity index (χ2n) is 5.98. The van der Waals surface area contributed by atoms with Crippen LogP contribution in [0, 0.1) is 22.7 Å². The summed E-state index contributed by atoms with van der Waals surface area (Å²) in [6.07, 6.45) is 0. The molecule has 0 fully saturated rings. The van der Waals surface area contributed by atoms with Gasteiger partial charge in [0.25, 0.3) is 5.56 Å². The van der Waals surface area contributed by atoms with Gasteiger partial charge in [0.15, 0.2) is 10.9 Å². The van der Waals surface area contributed by atoms with E-state index in [1.165, 1.54) is 11.5 Å². The molecule has 1 unspecified atom stereocenters. The fourth-order valence-electron chi connectivity index (χ4n) is 2.70. The summed E-state index contributed by atoms with van der Waals surface area (Å²) in [4.78, 5) is 29.3. The summed E-state index contributed by atoms with van der Waals surface area (Å²) < 4.78 is 1.41. The molecule has 0 radical (unpaired) electrons. The minimum atomic E-state index is -1.05. The molecule has 6 nitrogen and oxygen atoms in total. The average Bonchev–Trinajstić information content (AvgIpc) is 2.62. The van der Waals surface area contributed by atoms with Gasteiger partial charge in [0.2, 0.25) is 0 Å². The van der Waals surface area contributed by atoms with E-state index in [1.54, 1.807) is 7.05 Å². The van der Waals surface area contributed by atoms with Gasteiger partial charge in [0.05, 0.1) is 22.7 Å². The quantitative estimate of drug-likeness (QED) is 0.325. The Morgan fingerprint density at radius 2 is 2.00 bits per heavy atom. The fraction of sp³-hybridized carbons (Fsp3) is 0.211. The molecule has 7 heteroatoms. The van der Waals surface area contributed by atoms with Crippen LogP contribution in [0.1, 0.15) is 6.92 Å². The predicted octanol–water partition coefficient (Wildman–Crippen LogP) is 2.93. The Labute approximate surface area is 154 Å². The van der Waals surface area contributed by atoms with Crippen molar-refractivity contribution < 1.29 is 4.79 Å². The molecule has 26 heavy (non-hydrogen) atoms. The van der Waals surface area contributed by atoms with Gasteiger partial charge in [-0.2, -0.15) is 5.26 Å². The van der Waals surface area contributed by atoms with Gasteiger partial charge in [-0.25, -0.2) is 4.98 Å². The summed E-state index contributed by atoms with van der Waals surface area (Å²) in [5.74, 6) is -1.44. The Kier molecular flexibility index (Phi) is 4.87. The van der Waals surface area contributed by atoms with Crippen molar-refractivity contribution in [3.8, 4) is 6.07 Å². The van der Waals surface area contributed by atoms with E-state index in [0.717, 1.165) is 22.5 Å². The van der Waals surface area contributed by atoms with Crippen LogP contribution in [0.4, 0.5) is 0 Å². The number of carbonyl (C=O) groups excluding carboxylic acids is 1. The van der Waals surface area contributed by atoms with E-state index < -0.39 is 5.92 Å². The normalized spacial score (nSPS) is 12.0. The van der Waals surface area contributed by atoms with Crippen molar-refractivity contribution in [1.29, 1.82) is 10.7 Å². The van der Waals surface area contributed by atoms with E-state index in [9.17, 15) is 9.59 Å². The lowest BCUT2D eigenvalue weighted by atomic mass is 10.0. The number of Topliss-reactive ketones (excluding diaryl/α,β-unsaturated/α-hetero) is 1. The number of thioether (sulfide) groups is 1. The van der Waals surface area contributed by atoms with E-state index in [4.69, 9.17) is 10.7 Å². The highest BCUT2D eigenvalue weighted by molar-refractivity contribution is 7.99. The van der Waals surface area contributed by atoms with Crippen LogP contribution in [0.15, 0.2) is 46.3 Å². The van der Waals surface area contributed by atoms with Gasteiger partial charge in [-0.3, -0.25) is 14.2 Å². The maximum Gasteiger partial charge on any atom is 0.261 e. The Hall–Kier alpha value is -2.98. The second-order valence-corrected chi connectivity index (χ2v) is 6.92. The molecule has 3 aromatic rings. The number of nitrogens with zero attached hydrogens (tertiary/aromatic N) is 3. The molecule has 0 saturated carbocycles. The third-order valence-electron chi connectivity index (χ3n) is 4.13. The van der Waals surface area contributed by atoms with E-state index in [-0.39, 0.29) is 22.8 Å². The molecule has 0 spiro atoms. The van der Waals surface area contributed by atoms with Gasteiger partial charge < -0.3 is 5.41 Å². The topological polar surface area (TPSA) is 99.6 Å². The molecule has 0 aliphatic heterocycles. The maximum atomic E-state index is 12.7. The predicted molar refractivity (Wildman–Crippen MR) is 103 cm³/mol. The highest BCUT2D eigenvalue weighted by Gasteiger charge is 2.21. The number of benzene rings is 2. The van der Waals surface area contributed by atoms with E-state index in [2.05, 4.69) is 4.98 Å². The van der Waals surface area contributed by atoms with Crippen molar-refractivity contribution in [2.45, 2.75) is 12.1 Å². The maximum absolute atomic E-state index is 12.7. The minimum absolute atomic E-state index is 0.0185. The molecule has 130 valence electrons. The largest absolute Gasteiger partial charge is 0.308 e. The van der Waals surface area contributed by atoms with Crippen LogP contribution in [-0.4, -0.2) is 26.8 Å². The summed E-state index contributed by atoms with van der Waals surface area (Å²) in [6.45, 7) is 1.44. The van der Waals surface area contributed by atoms with Gasteiger partial charge >= 0.3 is 0 Å². The molecule has 1 N–H and O–H groups in total. The first-order valence-electron chi connectivity index (χ1n) is 7.92. The lowest BCUT2D eigenvalue weighted by Gasteiger charge is -2.10. The van der Waals surface area contributed by atoms with Gasteiger partial charge in [-0.1, -0.05) is 36.0 Å². The molecule has 1 heterocycles. The molecular formula is C19H16N4O2S. The Morgan fingerprint density at radius 1 is 1.35 bits per heavy atom. The molecule has 0 amide bonds. The molecule has 0 aliphatic carbocycles. The molecule has 3 rings (SSSR count). The zero-order valence-corrected chi connectivity index (χ0v) is 15.1. The SMILES string of the molecule is CC(=N)C(C#N)C(=O)CSc1nc2cc3ccccc3cc2c(=O)n1C. The van der Waals surface area contributed by atoms with Crippen LogP contribution in [0.5, 0.6) is 0 Å². The average molecular weight is 364 g/mol. The Balaban J connectivity index is 1.99. The summed E-state index contributed by atoms with van der Waals surface area (Å²) in [7, 11) is 1.61. The number of fused-ring (bicyclic) bond motifs is 2. The standard InChI is InChI=1S/C19H16N4O2S/c1-11(21)15(9-20)17(24)10-26-19-22-16-8-13-6-4-3-5-12(13)7-14(16)18(25)23(19)2/h3-8,15,21H,10H2,1-2H3. The van der Waals surface area contributed by atoms with Crippen molar-refractivity contribution in [2.24, 2.45) is 13.0 Å². The van der Waals surface area contributed by atoms with Gasteiger partial charge in [0, 0.05) is 12.8 Å². The van der Waals surface area contributed by atoms with E-state index in [1.807, 2.05) is 42.5 Å². The molecule has 0 saturated heterocycles. The third-order valence-corrected chi connectivity index (χ3v) is 5.18. The van der Waals surface area contributed by atoms with Crippen LogP contribution >= 0.6 is 11.8 Å². The number of nitriles is 1. The lowest BCUT2D eigenvalue weighted by molar-refractivity contribution is -0.117.